The van der Waals surface area contributed by atoms with Crippen molar-refractivity contribution >= 4 is 22.0 Å². The van der Waals surface area contributed by atoms with Crippen molar-refractivity contribution in [2.75, 3.05) is 12.9 Å². The van der Waals surface area contributed by atoms with E-state index in [9.17, 15) is 18.0 Å². The molecule has 0 aromatic rings. The van der Waals surface area contributed by atoms with E-state index in [1.54, 1.807) is 13.8 Å². The Bertz CT molecular complexity index is 418. The van der Waals surface area contributed by atoms with Gasteiger partial charge in [0.15, 0.2) is 0 Å². The van der Waals surface area contributed by atoms with Crippen LogP contribution in [0.2, 0.25) is 0 Å². The van der Waals surface area contributed by atoms with Gasteiger partial charge in [-0.15, -0.1) is 0 Å². The second kappa shape index (κ2) is 8.91. The average Bonchev–Trinajstić information content (AvgIpc) is 2.34. The number of rotatable bonds is 10. The van der Waals surface area contributed by atoms with Gasteiger partial charge in [0.1, 0.15) is 6.04 Å². The second-order valence-electron chi connectivity index (χ2n) is 4.88. The molecule has 0 aromatic carbocycles. The number of ether oxygens (including phenoxy) is 1. The predicted octanol–water partition coefficient (Wildman–Crippen LogP) is 0.748. The third-order valence-electron chi connectivity index (χ3n) is 2.76. The van der Waals surface area contributed by atoms with Crippen LogP contribution in [0.25, 0.3) is 0 Å². The standard InChI is InChI=1S/C12H23NO6S/c1-9(2)11(12(15)16)13-20(17,18)8-6-4-5-7-10(14)19-3/h9,11,13H,4-8H2,1-3H3,(H,15,16). The molecule has 0 rings (SSSR count). The van der Waals surface area contributed by atoms with Gasteiger partial charge in [0.2, 0.25) is 10.0 Å². The lowest BCUT2D eigenvalue weighted by molar-refractivity contribution is -0.141. The number of nitrogens with one attached hydrogen (secondary N) is 1. The topological polar surface area (TPSA) is 110 Å². The van der Waals surface area contributed by atoms with Crippen molar-refractivity contribution in [3.8, 4) is 0 Å². The highest BCUT2D eigenvalue weighted by Crippen LogP contribution is 2.07. The van der Waals surface area contributed by atoms with Crippen molar-refractivity contribution in [3.63, 3.8) is 0 Å². The van der Waals surface area contributed by atoms with Crippen molar-refractivity contribution in [1.82, 2.24) is 4.72 Å². The predicted molar refractivity (Wildman–Crippen MR) is 73.7 cm³/mol. The molecular formula is C12H23NO6S. The SMILES string of the molecule is COC(=O)CCCCCS(=O)(=O)NC(C(=O)O)C(C)C. The molecule has 0 amide bonds. The Morgan fingerprint density at radius 2 is 1.80 bits per heavy atom. The summed E-state index contributed by atoms with van der Waals surface area (Å²) in [6.45, 7) is 3.27. The molecule has 0 spiro atoms. The van der Waals surface area contributed by atoms with E-state index in [0.717, 1.165) is 0 Å². The van der Waals surface area contributed by atoms with Crippen LogP contribution in [0.5, 0.6) is 0 Å². The molecule has 0 aliphatic rings. The van der Waals surface area contributed by atoms with Gasteiger partial charge in [0.25, 0.3) is 0 Å². The molecule has 0 radical (unpaired) electrons. The number of carboxylic acid groups (broad SMARTS) is 1. The highest BCUT2D eigenvalue weighted by atomic mass is 32.2. The van der Waals surface area contributed by atoms with Crippen LogP contribution in [-0.4, -0.2) is 44.4 Å². The largest absolute Gasteiger partial charge is 0.480 e. The maximum atomic E-state index is 11.7. The zero-order chi connectivity index (χ0) is 15.8. The van der Waals surface area contributed by atoms with E-state index in [-0.39, 0.29) is 24.1 Å². The quantitative estimate of drug-likeness (QED) is 0.455. The van der Waals surface area contributed by atoms with E-state index in [1.165, 1.54) is 7.11 Å². The fraction of sp³-hybridized carbons (Fsp3) is 0.833. The highest BCUT2D eigenvalue weighted by Gasteiger charge is 2.26. The number of carboxylic acids is 1. The summed E-state index contributed by atoms with van der Waals surface area (Å²) >= 11 is 0. The van der Waals surface area contributed by atoms with Gasteiger partial charge < -0.3 is 9.84 Å². The molecule has 0 heterocycles. The van der Waals surface area contributed by atoms with Gasteiger partial charge >= 0.3 is 11.9 Å². The van der Waals surface area contributed by atoms with Gasteiger partial charge in [-0.1, -0.05) is 20.3 Å². The minimum absolute atomic E-state index is 0.148. The molecule has 0 fully saturated rings. The summed E-state index contributed by atoms with van der Waals surface area (Å²) in [6.07, 6.45) is 1.74. The first kappa shape index (κ1) is 18.9. The Morgan fingerprint density at radius 3 is 2.25 bits per heavy atom. The van der Waals surface area contributed by atoms with Gasteiger partial charge in [-0.05, 0) is 18.8 Å². The average molecular weight is 309 g/mol. The van der Waals surface area contributed by atoms with Crippen molar-refractivity contribution in [2.24, 2.45) is 5.92 Å². The summed E-state index contributed by atoms with van der Waals surface area (Å²) in [5.41, 5.74) is 0. The van der Waals surface area contributed by atoms with Crippen LogP contribution >= 0.6 is 0 Å². The fourth-order valence-corrected chi connectivity index (χ4v) is 3.03. The summed E-state index contributed by atoms with van der Waals surface area (Å²) in [4.78, 5) is 21.8. The van der Waals surface area contributed by atoms with Gasteiger partial charge in [0, 0.05) is 6.42 Å². The molecule has 7 nitrogen and oxygen atoms in total. The van der Waals surface area contributed by atoms with Crippen LogP contribution in [-0.2, 0) is 24.3 Å². The molecule has 0 saturated carbocycles. The molecule has 0 aliphatic heterocycles. The molecule has 1 unspecified atom stereocenters. The molecule has 0 bridgehead atoms. The Kier molecular flexibility index (Phi) is 8.40. The van der Waals surface area contributed by atoms with Gasteiger partial charge in [0.05, 0.1) is 12.9 Å². The number of esters is 1. The van der Waals surface area contributed by atoms with Crippen molar-refractivity contribution in [1.29, 1.82) is 0 Å². The number of sulfonamides is 1. The number of hydrogen-bond acceptors (Lipinski definition) is 5. The first-order chi connectivity index (χ1) is 9.19. The van der Waals surface area contributed by atoms with E-state index >= 15 is 0 Å². The van der Waals surface area contributed by atoms with Gasteiger partial charge in [-0.25, -0.2) is 13.1 Å². The molecule has 0 aliphatic carbocycles. The Balaban J connectivity index is 4.13. The molecule has 0 saturated heterocycles. The summed E-state index contributed by atoms with van der Waals surface area (Å²) in [5.74, 6) is -1.99. The van der Waals surface area contributed by atoms with E-state index in [1.807, 2.05) is 0 Å². The summed E-state index contributed by atoms with van der Waals surface area (Å²) in [6, 6.07) is -1.12. The monoisotopic (exact) mass is 309 g/mol. The number of unbranched alkanes of at least 4 members (excludes halogenated alkanes) is 2. The molecule has 1 atom stereocenters. The van der Waals surface area contributed by atoms with E-state index in [4.69, 9.17) is 5.11 Å². The maximum Gasteiger partial charge on any atom is 0.321 e. The number of carbonyl (C=O) groups excluding carboxylic acids is 1. The third kappa shape index (κ3) is 8.11. The second-order valence-corrected chi connectivity index (χ2v) is 6.76. The molecule has 0 aromatic heterocycles. The molecule has 2 N–H and O–H groups in total. The summed E-state index contributed by atoms with van der Waals surface area (Å²) in [5, 5.41) is 8.93. The highest BCUT2D eigenvalue weighted by molar-refractivity contribution is 7.89. The Hall–Kier alpha value is -1.15. The number of hydrogen-bond donors (Lipinski definition) is 2. The first-order valence-electron chi connectivity index (χ1n) is 6.49. The minimum atomic E-state index is -3.62. The van der Waals surface area contributed by atoms with Crippen LogP contribution in [0.3, 0.4) is 0 Å². The molecular weight excluding hydrogens is 286 g/mol. The zero-order valence-electron chi connectivity index (χ0n) is 12.1. The lowest BCUT2D eigenvalue weighted by Crippen LogP contribution is -2.45. The van der Waals surface area contributed by atoms with E-state index in [2.05, 4.69) is 9.46 Å². The summed E-state index contributed by atoms with van der Waals surface area (Å²) < 4.78 is 30.1. The van der Waals surface area contributed by atoms with E-state index in [0.29, 0.717) is 19.3 Å². The van der Waals surface area contributed by atoms with Crippen LogP contribution < -0.4 is 4.72 Å². The van der Waals surface area contributed by atoms with Crippen LogP contribution in [0, 0.1) is 5.92 Å². The zero-order valence-corrected chi connectivity index (χ0v) is 12.9. The molecule has 118 valence electrons. The van der Waals surface area contributed by atoms with E-state index < -0.39 is 22.0 Å². The van der Waals surface area contributed by atoms with Gasteiger partial charge in [-0.3, -0.25) is 9.59 Å². The lowest BCUT2D eigenvalue weighted by atomic mass is 10.1. The molecule has 8 heteroatoms. The number of carbonyl (C=O) groups is 2. The summed E-state index contributed by atoms with van der Waals surface area (Å²) in [7, 11) is -2.32. The van der Waals surface area contributed by atoms with Crippen molar-refractivity contribution < 1.29 is 27.9 Å². The number of aliphatic carboxylic acids is 1. The fourth-order valence-electron chi connectivity index (χ4n) is 1.56. The normalized spacial score (nSPS) is 13.2. The lowest BCUT2D eigenvalue weighted by Gasteiger charge is -2.17. The smallest absolute Gasteiger partial charge is 0.321 e. The first-order valence-corrected chi connectivity index (χ1v) is 8.14. The van der Waals surface area contributed by atoms with Crippen LogP contribution in [0.4, 0.5) is 0 Å². The maximum absolute atomic E-state index is 11.7. The van der Waals surface area contributed by atoms with Crippen LogP contribution in [0.1, 0.15) is 39.5 Å². The number of methoxy groups -OCH3 is 1. The van der Waals surface area contributed by atoms with Crippen LogP contribution in [0.15, 0.2) is 0 Å². The third-order valence-corrected chi connectivity index (χ3v) is 4.20. The minimum Gasteiger partial charge on any atom is -0.480 e. The van der Waals surface area contributed by atoms with Crippen molar-refractivity contribution in [2.45, 2.75) is 45.6 Å². The Labute approximate surface area is 119 Å². The molecule has 20 heavy (non-hydrogen) atoms. The van der Waals surface area contributed by atoms with Gasteiger partial charge in [-0.2, -0.15) is 0 Å². The van der Waals surface area contributed by atoms with Crippen molar-refractivity contribution in [3.05, 3.63) is 0 Å². The Morgan fingerprint density at radius 1 is 1.20 bits per heavy atom.